The average Bonchev–Trinajstić information content (AvgIpc) is 3.20. The van der Waals surface area contributed by atoms with Crippen LogP contribution in [0.25, 0.3) is 0 Å². The highest BCUT2D eigenvalue weighted by molar-refractivity contribution is 5.76. The third-order valence-electron chi connectivity index (χ3n) is 5.50. The maximum atomic E-state index is 13.1. The van der Waals surface area contributed by atoms with Crippen molar-refractivity contribution in [2.24, 2.45) is 0 Å². The van der Waals surface area contributed by atoms with Gasteiger partial charge in [-0.3, -0.25) is 0 Å². The van der Waals surface area contributed by atoms with E-state index in [1.807, 2.05) is 9.58 Å². The molecule has 2 amide bonds. The summed E-state index contributed by atoms with van der Waals surface area (Å²) in [5.41, 5.74) is -0.162. The van der Waals surface area contributed by atoms with Gasteiger partial charge in [-0.1, -0.05) is 20.3 Å². The summed E-state index contributed by atoms with van der Waals surface area (Å²) >= 11 is 0. The van der Waals surface area contributed by atoms with Crippen molar-refractivity contribution in [2.75, 3.05) is 20.3 Å². The van der Waals surface area contributed by atoms with Crippen molar-refractivity contribution in [3.63, 3.8) is 0 Å². The highest BCUT2D eigenvalue weighted by Gasteiger charge is 2.43. The molecule has 25 heavy (non-hydrogen) atoms. The number of aromatic nitrogens is 3. The van der Waals surface area contributed by atoms with E-state index in [9.17, 15) is 4.79 Å². The molecule has 7 heteroatoms. The van der Waals surface area contributed by atoms with Crippen molar-refractivity contribution in [1.29, 1.82) is 0 Å². The topological polar surface area (TPSA) is 72.3 Å². The highest BCUT2D eigenvalue weighted by Crippen LogP contribution is 2.34. The van der Waals surface area contributed by atoms with Crippen LogP contribution in [0.3, 0.4) is 0 Å². The van der Waals surface area contributed by atoms with Crippen LogP contribution in [0.4, 0.5) is 4.79 Å². The van der Waals surface area contributed by atoms with Gasteiger partial charge >= 0.3 is 6.03 Å². The summed E-state index contributed by atoms with van der Waals surface area (Å²) in [6.07, 6.45) is 6.84. The van der Waals surface area contributed by atoms with E-state index in [0.717, 1.165) is 69.7 Å². The molecule has 0 aliphatic carbocycles. The fraction of sp³-hybridized carbons (Fsp3) is 0.833. The average molecular weight is 349 g/mol. The summed E-state index contributed by atoms with van der Waals surface area (Å²) in [5, 5.41) is 7.77. The van der Waals surface area contributed by atoms with Crippen molar-refractivity contribution < 1.29 is 9.53 Å². The smallest absolute Gasteiger partial charge is 0.318 e. The Morgan fingerprint density at radius 2 is 2.20 bits per heavy atom. The van der Waals surface area contributed by atoms with Crippen LogP contribution < -0.4 is 5.32 Å². The SMILES string of the molecule is CCCC1(COC)CCCN1C(=O)NC1CCCn2nc(CC)nc21. The van der Waals surface area contributed by atoms with Crippen LogP contribution in [0.15, 0.2) is 0 Å². The number of ether oxygens (including phenoxy) is 1. The number of amides is 2. The first-order chi connectivity index (χ1) is 12.1. The van der Waals surface area contributed by atoms with Gasteiger partial charge in [0, 0.05) is 26.6 Å². The molecular weight excluding hydrogens is 318 g/mol. The van der Waals surface area contributed by atoms with Gasteiger partial charge in [0.15, 0.2) is 5.82 Å². The summed E-state index contributed by atoms with van der Waals surface area (Å²) in [6.45, 7) is 6.52. The van der Waals surface area contributed by atoms with Gasteiger partial charge in [-0.15, -0.1) is 0 Å². The van der Waals surface area contributed by atoms with Gasteiger partial charge in [-0.2, -0.15) is 5.10 Å². The van der Waals surface area contributed by atoms with Gasteiger partial charge < -0.3 is 15.0 Å². The predicted octanol–water partition coefficient (Wildman–Crippen LogP) is 2.67. The second-order valence-electron chi connectivity index (χ2n) is 7.27. The van der Waals surface area contributed by atoms with Gasteiger partial charge in [-0.25, -0.2) is 14.5 Å². The lowest BCUT2D eigenvalue weighted by Crippen LogP contribution is -2.54. The van der Waals surface area contributed by atoms with Crippen molar-refractivity contribution >= 4 is 6.03 Å². The third-order valence-corrected chi connectivity index (χ3v) is 5.50. The normalized spacial score (nSPS) is 25.9. The Balaban J connectivity index is 1.75. The first kappa shape index (κ1) is 18.2. The number of nitrogens with zero attached hydrogens (tertiary/aromatic N) is 4. The third kappa shape index (κ3) is 3.52. The quantitative estimate of drug-likeness (QED) is 0.857. The van der Waals surface area contributed by atoms with Gasteiger partial charge in [0.2, 0.25) is 0 Å². The molecular formula is C18H31N5O2. The molecule has 2 aliphatic rings. The Morgan fingerprint density at radius 1 is 1.36 bits per heavy atom. The lowest BCUT2D eigenvalue weighted by molar-refractivity contribution is 0.0489. The molecule has 0 aromatic carbocycles. The molecule has 2 unspecified atom stereocenters. The lowest BCUT2D eigenvalue weighted by Gasteiger charge is -2.39. The lowest BCUT2D eigenvalue weighted by atomic mass is 9.91. The van der Waals surface area contributed by atoms with E-state index in [-0.39, 0.29) is 17.6 Å². The summed E-state index contributed by atoms with van der Waals surface area (Å²) in [5.74, 6) is 1.76. The molecule has 1 saturated heterocycles. The van der Waals surface area contributed by atoms with Crippen molar-refractivity contribution in [3.8, 4) is 0 Å². The molecule has 0 spiro atoms. The molecule has 3 rings (SSSR count). The number of urea groups is 1. The molecule has 1 N–H and O–H groups in total. The molecule has 1 aromatic rings. The van der Waals surface area contributed by atoms with E-state index in [4.69, 9.17) is 4.74 Å². The zero-order chi connectivity index (χ0) is 17.9. The van der Waals surface area contributed by atoms with Crippen molar-refractivity contribution in [2.45, 2.75) is 76.9 Å². The molecule has 0 saturated carbocycles. The van der Waals surface area contributed by atoms with E-state index < -0.39 is 0 Å². The van der Waals surface area contributed by atoms with E-state index in [1.165, 1.54) is 0 Å². The number of aryl methyl sites for hydroxylation is 2. The number of rotatable bonds is 6. The first-order valence-corrected chi connectivity index (χ1v) is 9.64. The molecule has 7 nitrogen and oxygen atoms in total. The molecule has 2 atom stereocenters. The van der Waals surface area contributed by atoms with Gasteiger partial charge in [-0.05, 0) is 32.1 Å². The predicted molar refractivity (Wildman–Crippen MR) is 95.4 cm³/mol. The zero-order valence-electron chi connectivity index (χ0n) is 15.8. The molecule has 0 bridgehead atoms. The second-order valence-corrected chi connectivity index (χ2v) is 7.27. The van der Waals surface area contributed by atoms with E-state index in [0.29, 0.717) is 6.61 Å². The number of likely N-dealkylation sites (tertiary alicyclic amines) is 1. The van der Waals surface area contributed by atoms with E-state index in [1.54, 1.807) is 7.11 Å². The monoisotopic (exact) mass is 349 g/mol. The summed E-state index contributed by atoms with van der Waals surface area (Å²) in [4.78, 5) is 19.7. The minimum absolute atomic E-state index is 0.0162. The maximum absolute atomic E-state index is 13.1. The Labute approximate surface area is 150 Å². The largest absolute Gasteiger partial charge is 0.382 e. The number of fused-ring (bicyclic) bond motifs is 1. The summed E-state index contributed by atoms with van der Waals surface area (Å²) in [6, 6.07) is -0.0287. The van der Waals surface area contributed by atoms with Crippen LogP contribution in [0.2, 0.25) is 0 Å². The number of hydrogen-bond donors (Lipinski definition) is 1. The van der Waals surface area contributed by atoms with Crippen LogP contribution >= 0.6 is 0 Å². The van der Waals surface area contributed by atoms with Crippen LogP contribution in [0.1, 0.15) is 70.1 Å². The summed E-state index contributed by atoms with van der Waals surface area (Å²) < 4.78 is 7.44. The molecule has 1 fully saturated rings. The highest BCUT2D eigenvalue weighted by atomic mass is 16.5. The van der Waals surface area contributed by atoms with Crippen LogP contribution in [-0.4, -0.2) is 51.5 Å². The number of carbonyl (C=O) groups excluding carboxylic acids is 1. The maximum Gasteiger partial charge on any atom is 0.318 e. The van der Waals surface area contributed by atoms with E-state index in [2.05, 4.69) is 29.2 Å². The van der Waals surface area contributed by atoms with Gasteiger partial charge in [0.25, 0.3) is 0 Å². The molecule has 140 valence electrons. The fourth-order valence-electron chi connectivity index (χ4n) is 4.38. The van der Waals surface area contributed by atoms with Gasteiger partial charge in [0.1, 0.15) is 5.82 Å². The standard InChI is InChI=1S/C18H31N5O2/c1-4-9-18(13-25-3)10-7-11-22(18)17(24)19-14-8-6-12-23-16(14)20-15(5-2)21-23/h14H,4-13H2,1-3H3,(H,19,24). The Kier molecular flexibility index (Phi) is 5.61. The summed E-state index contributed by atoms with van der Waals surface area (Å²) in [7, 11) is 1.72. The number of nitrogens with one attached hydrogen (secondary N) is 1. The Hall–Kier alpha value is -1.63. The van der Waals surface area contributed by atoms with Gasteiger partial charge in [0.05, 0.1) is 18.2 Å². The van der Waals surface area contributed by atoms with Crippen LogP contribution in [-0.2, 0) is 17.7 Å². The molecule has 1 aromatic heterocycles. The van der Waals surface area contributed by atoms with Crippen molar-refractivity contribution in [3.05, 3.63) is 11.6 Å². The fourth-order valence-corrected chi connectivity index (χ4v) is 4.38. The van der Waals surface area contributed by atoms with Crippen molar-refractivity contribution in [1.82, 2.24) is 25.0 Å². The number of carbonyl (C=O) groups is 1. The van der Waals surface area contributed by atoms with Crippen LogP contribution in [0, 0.1) is 0 Å². The molecule has 2 aliphatic heterocycles. The van der Waals surface area contributed by atoms with E-state index >= 15 is 0 Å². The van der Waals surface area contributed by atoms with Crippen LogP contribution in [0.5, 0.6) is 0 Å². The second kappa shape index (κ2) is 7.72. The Bertz CT molecular complexity index is 594. The first-order valence-electron chi connectivity index (χ1n) is 9.64. The molecule has 3 heterocycles. The molecule has 0 radical (unpaired) electrons. The minimum atomic E-state index is -0.162. The minimum Gasteiger partial charge on any atom is -0.382 e. The number of hydrogen-bond acceptors (Lipinski definition) is 4. The number of methoxy groups -OCH3 is 1. The Morgan fingerprint density at radius 3 is 2.92 bits per heavy atom. The zero-order valence-corrected chi connectivity index (χ0v) is 15.8.